The molecule has 1 heterocycles. The highest BCUT2D eigenvalue weighted by atomic mass is 16.4. The minimum atomic E-state index is -1.28. The van der Waals surface area contributed by atoms with E-state index in [0.29, 0.717) is 5.69 Å². The number of aliphatic hydroxyl groups excluding tert-OH is 1. The minimum absolute atomic E-state index is 0.178. The smallest absolute Gasteiger partial charge is 0.325 e. The molecule has 0 radical (unpaired) electrons. The van der Waals surface area contributed by atoms with Crippen molar-refractivity contribution < 1.29 is 24.6 Å². The molecule has 7 N–H and O–H groups in total. The number of carbonyl (C=O) groups excluding carboxylic acids is 2. The lowest BCUT2D eigenvalue weighted by Crippen LogP contribution is -2.55. The minimum Gasteiger partial charge on any atom is -0.480 e. The van der Waals surface area contributed by atoms with Crippen LogP contribution in [0.3, 0.4) is 0 Å². The summed E-state index contributed by atoms with van der Waals surface area (Å²) in [6, 6.07) is -3.36. The van der Waals surface area contributed by atoms with Crippen LogP contribution in [-0.4, -0.2) is 62.7 Å². The molecule has 2 amide bonds. The highest BCUT2D eigenvalue weighted by Gasteiger charge is 2.25. The Kier molecular flexibility index (Phi) is 6.47. The number of carboxylic acid groups (broad SMARTS) is 1. The van der Waals surface area contributed by atoms with E-state index in [1.807, 2.05) is 0 Å². The molecule has 3 unspecified atom stereocenters. The molecule has 0 aliphatic heterocycles. The highest BCUT2D eigenvalue weighted by Crippen LogP contribution is 1.97. The summed E-state index contributed by atoms with van der Waals surface area (Å²) >= 11 is 0. The van der Waals surface area contributed by atoms with E-state index in [1.165, 1.54) is 19.4 Å². The van der Waals surface area contributed by atoms with Gasteiger partial charge in [-0.25, -0.2) is 4.98 Å². The Hall–Kier alpha value is -2.46. The Morgan fingerprint density at radius 3 is 2.55 bits per heavy atom. The third-order valence-corrected chi connectivity index (χ3v) is 2.88. The first-order chi connectivity index (χ1) is 10.3. The van der Waals surface area contributed by atoms with Gasteiger partial charge < -0.3 is 31.6 Å². The Morgan fingerprint density at radius 1 is 1.36 bits per heavy atom. The van der Waals surface area contributed by atoms with Crippen LogP contribution in [-0.2, 0) is 20.8 Å². The largest absolute Gasteiger partial charge is 0.480 e. The first-order valence-corrected chi connectivity index (χ1v) is 6.52. The molecule has 0 aliphatic carbocycles. The molecule has 0 spiro atoms. The van der Waals surface area contributed by atoms with Gasteiger partial charge in [0, 0.05) is 18.3 Å². The number of aromatic nitrogens is 2. The fourth-order valence-electron chi connectivity index (χ4n) is 1.57. The maximum absolute atomic E-state index is 11.9. The van der Waals surface area contributed by atoms with E-state index in [2.05, 4.69) is 20.6 Å². The van der Waals surface area contributed by atoms with E-state index < -0.39 is 42.5 Å². The number of aromatic amines is 1. The maximum atomic E-state index is 11.9. The van der Waals surface area contributed by atoms with E-state index in [9.17, 15) is 14.4 Å². The number of nitrogens with zero attached hydrogens (tertiary/aromatic N) is 1. The van der Waals surface area contributed by atoms with Crippen LogP contribution in [0.2, 0.25) is 0 Å². The standard InChI is InChI=1S/C12H19N5O5/c1-6(12(21)22)16-11(20)9(4-18)17-10(19)8(13)2-7-3-14-5-15-7/h3,5-6,8-9,18H,2,4,13H2,1H3,(H,14,15)(H,16,20)(H,17,19)(H,21,22). The van der Waals surface area contributed by atoms with Crippen LogP contribution < -0.4 is 16.4 Å². The number of nitrogens with one attached hydrogen (secondary N) is 3. The zero-order valence-electron chi connectivity index (χ0n) is 11.9. The van der Waals surface area contributed by atoms with Crippen molar-refractivity contribution in [2.24, 2.45) is 5.73 Å². The number of nitrogens with two attached hydrogens (primary N) is 1. The van der Waals surface area contributed by atoms with Gasteiger partial charge in [-0.15, -0.1) is 0 Å². The molecular weight excluding hydrogens is 294 g/mol. The number of H-pyrrole nitrogens is 1. The molecule has 0 saturated carbocycles. The van der Waals surface area contributed by atoms with Gasteiger partial charge in [0.25, 0.3) is 0 Å². The van der Waals surface area contributed by atoms with E-state index in [-0.39, 0.29) is 6.42 Å². The van der Waals surface area contributed by atoms with Crippen LogP contribution in [0.4, 0.5) is 0 Å². The van der Waals surface area contributed by atoms with Gasteiger partial charge in [0.15, 0.2) is 0 Å². The molecule has 3 atom stereocenters. The quantitative estimate of drug-likeness (QED) is 0.304. The second-order valence-electron chi connectivity index (χ2n) is 4.70. The number of hydrogen-bond donors (Lipinski definition) is 6. The Balaban J connectivity index is 2.55. The summed E-state index contributed by atoms with van der Waals surface area (Å²) < 4.78 is 0. The van der Waals surface area contributed by atoms with E-state index in [1.54, 1.807) is 0 Å². The number of carboxylic acids is 1. The molecule has 1 aromatic rings. The monoisotopic (exact) mass is 313 g/mol. The van der Waals surface area contributed by atoms with Gasteiger partial charge in [-0.05, 0) is 6.92 Å². The molecule has 0 aliphatic rings. The van der Waals surface area contributed by atoms with Crippen LogP contribution in [0.1, 0.15) is 12.6 Å². The van der Waals surface area contributed by atoms with Crippen LogP contribution >= 0.6 is 0 Å². The number of carbonyl (C=O) groups is 3. The molecule has 0 fully saturated rings. The Morgan fingerprint density at radius 2 is 2.05 bits per heavy atom. The molecule has 0 saturated heterocycles. The predicted molar refractivity (Wildman–Crippen MR) is 74.5 cm³/mol. The maximum Gasteiger partial charge on any atom is 0.325 e. The van der Waals surface area contributed by atoms with Crippen molar-refractivity contribution >= 4 is 17.8 Å². The summed E-state index contributed by atoms with van der Waals surface area (Å²) in [4.78, 5) is 40.9. The van der Waals surface area contributed by atoms with Crippen molar-refractivity contribution in [2.45, 2.75) is 31.5 Å². The molecular formula is C12H19N5O5. The highest BCUT2D eigenvalue weighted by molar-refractivity contribution is 5.91. The zero-order valence-corrected chi connectivity index (χ0v) is 11.9. The second kappa shape index (κ2) is 8.10. The van der Waals surface area contributed by atoms with Gasteiger partial charge in [0.1, 0.15) is 12.1 Å². The van der Waals surface area contributed by atoms with E-state index in [0.717, 1.165) is 0 Å². The first-order valence-electron chi connectivity index (χ1n) is 6.52. The third kappa shape index (κ3) is 5.14. The fourth-order valence-corrected chi connectivity index (χ4v) is 1.57. The van der Waals surface area contributed by atoms with Crippen molar-refractivity contribution in [1.29, 1.82) is 0 Å². The molecule has 0 aromatic carbocycles. The van der Waals surface area contributed by atoms with Crippen molar-refractivity contribution in [3.63, 3.8) is 0 Å². The summed E-state index contributed by atoms with van der Waals surface area (Å²) in [6.07, 6.45) is 3.13. The average Bonchev–Trinajstić information content (AvgIpc) is 2.96. The first kappa shape index (κ1) is 17.6. The van der Waals surface area contributed by atoms with Gasteiger partial charge >= 0.3 is 5.97 Å². The molecule has 0 bridgehead atoms. The molecule has 10 heteroatoms. The molecule has 122 valence electrons. The summed E-state index contributed by atoms with van der Waals surface area (Å²) in [6.45, 7) is 0.584. The molecule has 22 heavy (non-hydrogen) atoms. The zero-order chi connectivity index (χ0) is 16.7. The summed E-state index contributed by atoms with van der Waals surface area (Å²) in [7, 11) is 0. The van der Waals surface area contributed by atoms with Crippen LogP contribution in [0.25, 0.3) is 0 Å². The van der Waals surface area contributed by atoms with Crippen molar-refractivity contribution in [2.75, 3.05) is 6.61 Å². The average molecular weight is 313 g/mol. The predicted octanol–water partition coefficient (Wildman–Crippen LogP) is -2.65. The molecule has 1 rings (SSSR count). The Bertz CT molecular complexity index is 518. The summed E-state index contributed by atoms with van der Waals surface area (Å²) in [5, 5.41) is 22.3. The van der Waals surface area contributed by atoms with Gasteiger partial charge in [0.05, 0.1) is 19.0 Å². The molecule has 10 nitrogen and oxygen atoms in total. The lowest BCUT2D eigenvalue weighted by atomic mass is 10.1. The molecule has 1 aromatic heterocycles. The topological polar surface area (TPSA) is 170 Å². The van der Waals surface area contributed by atoms with Gasteiger partial charge in [-0.1, -0.05) is 0 Å². The summed E-state index contributed by atoms with van der Waals surface area (Å²) in [5.74, 6) is -2.68. The van der Waals surface area contributed by atoms with Crippen LogP contribution in [0.5, 0.6) is 0 Å². The number of aliphatic carboxylic acids is 1. The number of rotatable bonds is 8. The van der Waals surface area contributed by atoms with E-state index in [4.69, 9.17) is 15.9 Å². The van der Waals surface area contributed by atoms with Crippen molar-refractivity contribution in [3.05, 3.63) is 18.2 Å². The normalized spacial score (nSPS) is 14.7. The van der Waals surface area contributed by atoms with Gasteiger partial charge in [-0.3, -0.25) is 14.4 Å². The van der Waals surface area contributed by atoms with Crippen molar-refractivity contribution in [1.82, 2.24) is 20.6 Å². The number of amides is 2. The van der Waals surface area contributed by atoms with E-state index >= 15 is 0 Å². The second-order valence-corrected chi connectivity index (χ2v) is 4.70. The lowest BCUT2D eigenvalue weighted by Gasteiger charge is -2.19. The third-order valence-electron chi connectivity index (χ3n) is 2.88. The number of hydrogen-bond acceptors (Lipinski definition) is 6. The van der Waals surface area contributed by atoms with Crippen molar-refractivity contribution in [3.8, 4) is 0 Å². The summed E-state index contributed by atoms with van der Waals surface area (Å²) in [5.41, 5.74) is 6.34. The van der Waals surface area contributed by atoms with Crippen LogP contribution in [0.15, 0.2) is 12.5 Å². The van der Waals surface area contributed by atoms with Crippen LogP contribution in [0, 0.1) is 0 Å². The van der Waals surface area contributed by atoms with Gasteiger partial charge in [-0.2, -0.15) is 0 Å². The fraction of sp³-hybridized carbons (Fsp3) is 0.500. The van der Waals surface area contributed by atoms with Gasteiger partial charge in [0.2, 0.25) is 11.8 Å². The SMILES string of the molecule is CC(NC(=O)C(CO)NC(=O)C(N)Cc1cnc[nH]1)C(=O)O. The Labute approximate surface area is 126 Å². The lowest BCUT2D eigenvalue weighted by molar-refractivity contribution is -0.142. The number of aliphatic hydroxyl groups is 1. The number of imidazole rings is 1.